The van der Waals surface area contributed by atoms with Crippen LogP contribution in [0.1, 0.15) is 18.1 Å². The number of fused-ring (bicyclic) bond motifs is 2. The smallest absolute Gasteiger partial charge is 0.0656 e. The summed E-state index contributed by atoms with van der Waals surface area (Å²) < 4.78 is 0. The van der Waals surface area contributed by atoms with E-state index in [1.165, 1.54) is 10.9 Å². The first kappa shape index (κ1) is 14.1. The van der Waals surface area contributed by atoms with E-state index in [1.54, 1.807) is 0 Å². The van der Waals surface area contributed by atoms with Gasteiger partial charge in [-0.15, -0.1) is 0 Å². The van der Waals surface area contributed by atoms with E-state index < -0.39 is 0 Å². The lowest BCUT2D eigenvalue weighted by Gasteiger charge is -1.93. The van der Waals surface area contributed by atoms with Crippen LogP contribution in [0.2, 0.25) is 0 Å². The van der Waals surface area contributed by atoms with Gasteiger partial charge in [-0.1, -0.05) is 43.8 Å². The van der Waals surface area contributed by atoms with Gasteiger partial charge in [-0.05, 0) is 29.7 Å². The molecule has 4 nitrogen and oxygen atoms in total. The lowest BCUT2D eigenvalue weighted by Crippen LogP contribution is -1.78. The first-order chi connectivity index (χ1) is 10.8. The van der Waals surface area contributed by atoms with Crippen LogP contribution in [-0.4, -0.2) is 20.4 Å². The second kappa shape index (κ2) is 6.26. The van der Waals surface area contributed by atoms with Crippen molar-refractivity contribution in [1.82, 2.24) is 20.4 Å². The summed E-state index contributed by atoms with van der Waals surface area (Å²) in [6.07, 6.45) is 6.55. The lowest BCUT2D eigenvalue weighted by molar-refractivity contribution is 1.11. The molecule has 110 valence electrons. The van der Waals surface area contributed by atoms with Crippen molar-refractivity contribution in [2.45, 2.75) is 13.3 Å². The van der Waals surface area contributed by atoms with Crippen LogP contribution in [0.5, 0.6) is 0 Å². The van der Waals surface area contributed by atoms with E-state index in [2.05, 4.69) is 52.1 Å². The number of H-pyrrole nitrogens is 2. The molecule has 4 aromatic rings. The Balaban J connectivity index is 0.000000131. The van der Waals surface area contributed by atoms with Gasteiger partial charge >= 0.3 is 0 Å². The molecule has 0 unspecified atom stereocenters. The minimum Gasteiger partial charge on any atom is -0.278 e. The molecule has 0 saturated carbocycles. The maximum Gasteiger partial charge on any atom is 0.0656 e. The third-order valence-corrected chi connectivity index (χ3v) is 3.62. The van der Waals surface area contributed by atoms with Crippen molar-refractivity contribution in [2.75, 3.05) is 0 Å². The zero-order chi connectivity index (χ0) is 15.4. The fraction of sp³-hybridized carbons (Fsp3) is 0.111. The van der Waals surface area contributed by atoms with Crippen molar-refractivity contribution >= 4 is 27.9 Å². The molecule has 0 saturated heterocycles. The van der Waals surface area contributed by atoms with Crippen molar-refractivity contribution in [3.05, 3.63) is 66.5 Å². The van der Waals surface area contributed by atoms with Crippen molar-refractivity contribution in [3.63, 3.8) is 0 Å². The SMILES string of the molecule is C=Cc1ccc2cn[nH]c2c1.CCc1ccc2cn[nH]c2c1. The molecule has 22 heavy (non-hydrogen) atoms. The topological polar surface area (TPSA) is 57.4 Å². The zero-order valence-electron chi connectivity index (χ0n) is 12.5. The molecular formula is C18H18N4. The third kappa shape index (κ3) is 2.91. The number of benzene rings is 2. The van der Waals surface area contributed by atoms with Crippen LogP contribution < -0.4 is 0 Å². The van der Waals surface area contributed by atoms with Gasteiger partial charge in [0.05, 0.1) is 23.4 Å². The van der Waals surface area contributed by atoms with Gasteiger partial charge in [0, 0.05) is 10.8 Å². The summed E-state index contributed by atoms with van der Waals surface area (Å²) in [5.74, 6) is 0. The molecule has 0 spiro atoms. The molecule has 0 amide bonds. The number of hydrogen-bond donors (Lipinski definition) is 2. The Morgan fingerprint density at radius 2 is 1.59 bits per heavy atom. The zero-order valence-corrected chi connectivity index (χ0v) is 12.5. The molecule has 2 aromatic heterocycles. The van der Waals surface area contributed by atoms with Gasteiger partial charge in [0.2, 0.25) is 0 Å². The summed E-state index contributed by atoms with van der Waals surface area (Å²) >= 11 is 0. The molecule has 0 aliphatic heterocycles. The Morgan fingerprint density at radius 1 is 0.955 bits per heavy atom. The van der Waals surface area contributed by atoms with Gasteiger partial charge < -0.3 is 0 Å². The summed E-state index contributed by atoms with van der Waals surface area (Å²) in [5.41, 5.74) is 4.65. The van der Waals surface area contributed by atoms with Crippen molar-refractivity contribution in [3.8, 4) is 0 Å². The van der Waals surface area contributed by atoms with Crippen molar-refractivity contribution in [2.24, 2.45) is 0 Å². The Bertz CT molecular complexity index is 901. The molecule has 4 heteroatoms. The molecule has 2 aromatic carbocycles. The maximum atomic E-state index is 3.95. The minimum absolute atomic E-state index is 1.06. The highest BCUT2D eigenvalue weighted by Crippen LogP contribution is 2.13. The molecule has 0 aliphatic carbocycles. The highest BCUT2D eigenvalue weighted by atomic mass is 15.1. The van der Waals surface area contributed by atoms with E-state index in [4.69, 9.17) is 0 Å². The Hall–Kier alpha value is -2.88. The predicted octanol–water partition coefficient (Wildman–Crippen LogP) is 4.33. The molecule has 2 N–H and O–H groups in total. The average Bonchev–Trinajstić information content (AvgIpc) is 3.22. The van der Waals surface area contributed by atoms with Gasteiger partial charge in [0.15, 0.2) is 0 Å². The van der Waals surface area contributed by atoms with E-state index >= 15 is 0 Å². The highest BCUT2D eigenvalue weighted by molar-refractivity contribution is 5.80. The van der Waals surface area contributed by atoms with E-state index in [-0.39, 0.29) is 0 Å². The molecule has 4 rings (SSSR count). The monoisotopic (exact) mass is 290 g/mol. The molecule has 0 aliphatic rings. The van der Waals surface area contributed by atoms with Crippen molar-refractivity contribution in [1.29, 1.82) is 0 Å². The van der Waals surface area contributed by atoms with E-state index in [1.807, 2.05) is 36.7 Å². The third-order valence-electron chi connectivity index (χ3n) is 3.62. The van der Waals surface area contributed by atoms with E-state index in [0.717, 1.165) is 28.4 Å². The Labute approximate surface area is 128 Å². The Morgan fingerprint density at radius 3 is 2.23 bits per heavy atom. The molecular weight excluding hydrogens is 272 g/mol. The number of aromatic nitrogens is 4. The first-order valence-corrected chi connectivity index (χ1v) is 7.27. The predicted molar refractivity (Wildman–Crippen MR) is 91.7 cm³/mol. The average molecular weight is 290 g/mol. The standard InChI is InChI=1S/C9H10N2.C9H8N2/c2*1-2-7-3-4-8-6-10-11-9(8)5-7/h3-6H,2H2,1H3,(H,10,11);2-6H,1H2,(H,10,11). The molecule has 0 radical (unpaired) electrons. The molecule has 0 bridgehead atoms. The molecule has 0 atom stereocenters. The quantitative estimate of drug-likeness (QED) is 0.577. The normalized spacial score (nSPS) is 10.4. The lowest BCUT2D eigenvalue weighted by atomic mass is 10.1. The second-order valence-corrected chi connectivity index (χ2v) is 5.07. The van der Waals surface area contributed by atoms with Crippen LogP contribution in [0.25, 0.3) is 27.9 Å². The molecule has 2 heterocycles. The largest absolute Gasteiger partial charge is 0.278 e. The van der Waals surface area contributed by atoms with Crippen LogP contribution in [-0.2, 0) is 6.42 Å². The van der Waals surface area contributed by atoms with Crippen LogP contribution in [0.15, 0.2) is 55.4 Å². The number of nitrogens with one attached hydrogen (secondary N) is 2. The van der Waals surface area contributed by atoms with Crippen LogP contribution in [0.4, 0.5) is 0 Å². The first-order valence-electron chi connectivity index (χ1n) is 7.27. The number of aromatic amines is 2. The van der Waals surface area contributed by atoms with Crippen LogP contribution in [0, 0.1) is 0 Å². The highest BCUT2D eigenvalue weighted by Gasteiger charge is 1.95. The summed E-state index contributed by atoms with van der Waals surface area (Å²) in [4.78, 5) is 0. The van der Waals surface area contributed by atoms with Gasteiger partial charge in [-0.25, -0.2) is 0 Å². The van der Waals surface area contributed by atoms with Crippen LogP contribution >= 0.6 is 0 Å². The summed E-state index contributed by atoms with van der Waals surface area (Å²) in [6, 6.07) is 12.4. The number of hydrogen-bond acceptors (Lipinski definition) is 2. The summed E-state index contributed by atoms with van der Waals surface area (Å²) in [7, 11) is 0. The fourth-order valence-electron chi connectivity index (χ4n) is 2.29. The van der Waals surface area contributed by atoms with Gasteiger partial charge in [0.25, 0.3) is 0 Å². The van der Waals surface area contributed by atoms with Gasteiger partial charge in [-0.2, -0.15) is 10.2 Å². The fourth-order valence-corrected chi connectivity index (χ4v) is 2.29. The van der Waals surface area contributed by atoms with Gasteiger partial charge in [0.1, 0.15) is 0 Å². The molecule has 0 fully saturated rings. The number of rotatable bonds is 2. The van der Waals surface area contributed by atoms with Crippen molar-refractivity contribution < 1.29 is 0 Å². The number of nitrogens with zero attached hydrogens (tertiary/aromatic N) is 2. The minimum atomic E-state index is 1.06. The van der Waals surface area contributed by atoms with Crippen LogP contribution in [0.3, 0.4) is 0 Å². The van der Waals surface area contributed by atoms with E-state index in [9.17, 15) is 0 Å². The van der Waals surface area contributed by atoms with Gasteiger partial charge in [-0.3, -0.25) is 10.2 Å². The summed E-state index contributed by atoms with van der Waals surface area (Å²) in [5, 5.41) is 16.0. The maximum absolute atomic E-state index is 3.95. The Kier molecular flexibility index (Phi) is 4.01. The number of aryl methyl sites for hydroxylation is 1. The summed E-state index contributed by atoms with van der Waals surface area (Å²) in [6.45, 7) is 5.84. The second-order valence-electron chi connectivity index (χ2n) is 5.07. The van der Waals surface area contributed by atoms with E-state index in [0.29, 0.717) is 0 Å².